The quantitative estimate of drug-likeness (QED) is 0.227. The molecule has 7 nitrogen and oxygen atoms in total. The monoisotopic (exact) mass is 586 g/mol. The fourth-order valence-electron chi connectivity index (χ4n) is 4.05. The fraction of sp³-hybridized carbons (Fsp3) is 0.0968. The molecule has 2 aliphatic rings. The molecule has 2 saturated heterocycles. The molecule has 2 aromatic heterocycles. The molecule has 4 aromatic rings. The van der Waals surface area contributed by atoms with Crippen molar-refractivity contribution in [2.75, 3.05) is 7.11 Å². The predicted octanol–water partition coefficient (Wildman–Crippen LogP) is 8.09. The van der Waals surface area contributed by atoms with Gasteiger partial charge in [-0.05, 0) is 60.7 Å². The van der Waals surface area contributed by atoms with Gasteiger partial charge in [0.25, 0.3) is 0 Å². The van der Waals surface area contributed by atoms with Gasteiger partial charge >= 0.3 is 0 Å². The zero-order chi connectivity index (χ0) is 28.9. The first-order valence-corrected chi connectivity index (χ1v) is 14.0. The minimum atomic E-state index is -0.325. The number of furan rings is 2. The third kappa shape index (κ3) is 6.85. The Balaban J connectivity index is 0.000000165. The van der Waals surface area contributed by atoms with Crippen LogP contribution in [0.4, 0.5) is 4.39 Å². The van der Waals surface area contributed by atoms with Gasteiger partial charge in [0, 0.05) is 5.56 Å². The van der Waals surface area contributed by atoms with Crippen molar-refractivity contribution in [2.45, 2.75) is 12.8 Å². The molecular formula is C31H23FN2O5S2. The number of allylic oxidation sites excluding steroid dienone is 2. The van der Waals surface area contributed by atoms with Gasteiger partial charge in [-0.3, -0.25) is 20.4 Å². The van der Waals surface area contributed by atoms with Crippen LogP contribution in [0, 0.1) is 16.6 Å². The van der Waals surface area contributed by atoms with E-state index < -0.39 is 0 Å². The highest BCUT2D eigenvalue weighted by Crippen LogP contribution is 2.35. The summed E-state index contributed by atoms with van der Waals surface area (Å²) >= 11 is 2.34. The van der Waals surface area contributed by atoms with Crippen LogP contribution in [-0.4, -0.2) is 28.8 Å². The van der Waals surface area contributed by atoms with E-state index in [4.69, 9.17) is 24.4 Å². The van der Waals surface area contributed by atoms with Gasteiger partial charge in [0.2, 0.25) is 0 Å². The van der Waals surface area contributed by atoms with E-state index in [1.54, 1.807) is 43.5 Å². The van der Waals surface area contributed by atoms with E-state index in [9.17, 15) is 14.0 Å². The van der Waals surface area contributed by atoms with E-state index in [-0.39, 0.29) is 30.2 Å². The number of halogens is 1. The summed E-state index contributed by atoms with van der Waals surface area (Å²) in [5, 5.41) is 15.7. The summed E-state index contributed by atoms with van der Waals surface area (Å²) in [6.07, 6.45) is 3.66. The number of ketones is 2. The smallest absolute Gasteiger partial charge is 0.176 e. The predicted molar refractivity (Wildman–Crippen MR) is 161 cm³/mol. The second-order valence-electron chi connectivity index (χ2n) is 8.88. The molecule has 0 atom stereocenters. The molecule has 0 bridgehead atoms. The van der Waals surface area contributed by atoms with Crippen LogP contribution in [-0.2, 0) is 9.59 Å². The van der Waals surface area contributed by atoms with Gasteiger partial charge in [-0.2, -0.15) is 0 Å². The lowest BCUT2D eigenvalue weighted by molar-refractivity contribution is -0.114. The number of carbonyl (C=O) groups is 2. The third-order valence-corrected chi connectivity index (χ3v) is 7.85. The molecule has 2 N–H and O–H groups in total. The average molecular weight is 587 g/mol. The van der Waals surface area contributed by atoms with Crippen molar-refractivity contribution in [1.29, 1.82) is 10.8 Å². The van der Waals surface area contributed by atoms with Crippen LogP contribution in [0.3, 0.4) is 0 Å². The van der Waals surface area contributed by atoms with Gasteiger partial charge in [-0.25, -0.2) is 4.39 Å². The average Bonchev–Trinajstić information content (AvgIpc) is 3.74. The lowest BCUT2D eigenvalue weighted by atomic mass is 10.1. The van der Waals surface area contributed by atoms with Crippen molar-refractivity contribution in [1.82, 2.24) is 0 Å². The number of hydrogen-bond donors (Lipinski definition) is 2. The van der Waals surface area contributed by atoms with E-state index in [0.717, 1.165) is 23.1 Å². The molecule has 0 aliphatic carbocycles. The molecule has 0 radical (unpaired) electrons. The van der Waals surface area contributed by atoms with Gasteiger partial charge in [0.1, 0.15) is 34.6 Å². The van der Waals surface area contributed by atoms with E-state index >= 15 is 0 Å². The topological polar surface area (TPSA) is 117 Å². The number of methoxy groups -OCH3 is 1. The number of Topliss-reactive ketones (excluding diaryl/α,β-unsaturated/α-hetero) is 2. The van der Waals surface area contributed by atoms with Crippen LogP contribution in [0.1, 0.15) is 24.4 Å². The number of ether oxygens (including phenoxy) is 1. The molecule has 0 amide bonds. The van der Waals surface area contributed by atoms with Crippen molar-refractivity contribution in [2.24, 2.45) is 0 Å². The highest BCUT2D eigenvalue weighted by molar-refractivity contribution is 8.19. The number of carbonyl (C=O) groups excluding carboxylic acids is 2. The van der Waals surface area contributed by atoms with E-state index in [2.05, 4.69) is 0 Å². The van der Waals surface area contributed by atoms with E-state index in [0.29, 0.717) is 48.5 Å². The van der Waals surface area contributed by atoms with Crippen LogP contribution in [0.2, 0.25) is 0 Å². The second kappa shape index (κ2) is 12.4. The first-order valence-electron chi connectivity index (χ1n) is 12.4. The van der Waals surface area contributed by atoms with Gasteiger partial charge in [-0.15, -0.1) is 0 Å². The van der Waals surface area contributed by atoms with Crippen LogP contribution >= 0.6 is 23.5 Å². The molecule has 6 rings (SSSR count). The lowest BCUT2D eigenvalue weighted by Gasteiger charge is -2.04. The number of hydrogen-bond acceptors (Lipinski definition) is 9. The van der Waals surface area contributed by atoms with Gasteiger partial charge in [0.05, 0.1) is 45.4 Å². The first-order chi connectivity index (χ1) is 19.8. The highest BCUT2D eigenvalue weighted by atomic mass is 32.2. The maximum Gasteiger partial charge on any atom is 0.176 e. The Kier molecular flexibility index (Phi) is 8.51. The molecule has 41 heavy (non-hydrogen) atoms. The second-order valence-corrected chi connectivity index (χ2v) is 11.2. The van der Waals surface area contributed by atoms with Crippen LogP contribution in [0.25, 0.3) is 34.8 Å². The van der Waals surface area contributed by atoms with E-state index in [1.165, 1.54) is 23.9 Å². The molecule has 0 saturated carbocycles. The van der Waals surface area contributed by atoms with Crippen LogP contribution in [0.15, 0.2) is 91.4 Å². The van der Waals surface area contributed by atoms with Crippen LogP contribution < -0.4 is 4.74 Å². The zero-order valence-electron chi connectivity index (χ0n) is 21.7. The molecule has 2 fully saturated rings. The summed E-state index contributed by atoms with van der Waals surface area (Å²) < 4.78 is 29.8. The SMILES string of the molecule is COc1ccccc1-c1ccc(/C=C2\SC(=N)CC2=O)o1.N=C1CC(=O)/C(=C/c2ccc(-c3cccc(F)c3)o2)S1. The number of para-hydroxylation sites is 1. The molecule has 10 heteroatoms. The Labute approximate surface area is 243 Å². The van der Waals surface area contributed by atoms with E-state index in [1.807, 2.05) is 36.4 Å². The summed E-state index contributed by atoms with van der Waals surface area (Å²) in [6, 6.07) is 20.8. The lowest BCUT2D eigenvalue weighted by Crippen LogP contribution is -1.91. The summed E-state index contributed by atoms with van der Waals surface area (Å²) in [5.74, 6) is 2.67. The Morgan fingerprint density at radius 1 is 0.780 bits per heavy atom. The van der Waals surface area contributed by atoms with Crippen molar-refractivity contribution in [3.63, 3.8) is 0 Å². The Bertz CT molecular complexity index is 1730. The van der Waals surface area contributed by atoms with Crippen molar-refractivity contribution >= 4 is 57.3 Å². The largest absolute Gasteiger partial charge is 0.496 e. The van der Waals surface area contributed by atoms with Gasteiger partial charge < -0.3 is 13.6 Å². The molecule has 0 unspecified atom stereocenters. The minimum absolute atomic E-state index is 0.0276. The molecule has 0 spiro atoms. The first kappa shape index (κ1) is 28.1. The Morgan fingerprint density at radius 3 is 1.93 bits per heavy atom. The normalized spacial score (nSPS) is 16.9. The maximum absolute atomic E-state index is 13.2. The Hall–Kier alpha value is -4.41. The van der Waals surface area contributed by atoms with Crippen molar-refractivity contribution in [3.8, 4) is 28.4 Å². The molecular weight excluding hydrogens is 563 g/mol. The summed E-state index contributed by atoms with van der Waals surface area (Å²) in [6.45, 7) is 0. The van der Waals surface area contributed by atoms with Crippen molar-refractivity contribution in [3.05, 3.63) is 99.9 Å². The minimum Gasteiger partial charge on any atom is -0.496 e. The number of benzene rings is 2. The van der Waals surface area contributed by atoms with Crippen molar-refractivity contribution < 1.29 is 27.6 Å². The summed E-state index contributed by atoms with van der Waals surface area (Å²) in [7, 11) is 1.62. The standard InChI is InChI=1S/C16H13NO3S.C15H10FNO2S/c1-19-13-5-3-2-4-11(13)14-7-6-10(20-14)8-15-12(18)9-16(17)21-15;16-10-3-1-2-9(6-10)13-5-4-11(19-13)7-14-12(18)8-15(17)20-14/h2-8,17H,9H2,1H3;1-7,17H,8H2/b15-8-,17-16?;14-7-,17-15?. The summed E-state index contributed by atoms with van der Waals surface area (Å²) in [5.41, 5.74) is 1.51. The summed E-state index contributed by atoms with van der Waals surface area (Å²) in [4.78, 5) is 24.3. The molecule has 2 aromatic carbocycles. The molecule has 2 aliphatic heterocycles. The highest BCUT2D eigenvalue weighted by Gasteiger charge is 2.24. The number of rotatable bonds is 5. The molecule has 206 valence electrons. The number of thioether (sulfide) groups is 2. The maximum atomic E-state index is 13.2. The third-order valence-electron chi connectivity index (χ3n) is 5.94. The zero-order valence-corrected chi connectivity index (χ0v) is 23.4. The van der Waals surface area contributed by atoms with Gasteiger partial charge in [-0.1, -0.05) is 47.8 Å². The number of nitrogens with one attached hydrogen (secondary N) is 2. The van der Waals surface area contributed by atoms with Crippen LogP contribution in [0.5, 0.6) is 5.75 Å². The Morgan fingerprint density at radius 2 is 1.37 bits per heavy atom. The van der Waals surface area contributed by atoms with Gasteiger partial charge in [0.15, 0.2) is 11.6 Å². The molecule has 4 heterocycles. The fourth-order valence-corrected chi connectivity index (χ4v) is 5.71.